The molecule has 25 heavy (non-hydrogen) atoms. The molecule has 0 radical (unpaired) electrons. The molecule has 8 atom stereocenters. The van der Waals surface area contributed by atoms with Crippen molar-refractivity contribution in [3.05, 3.63) is 23.3 Å². The van der Waals surface area contributed by atoms with E-state index in [2.05, 4.69) is 26.0 Å². The van der Waals surface area contributed by atoms with Gasteiger partial charge < -0.3 is 20.4 Å². The number of aliphatic hydroxyl groups is 4. The van der Waals surface area contributed by atoms with E-state index in [4.69, 9.17) is 0 Å². The average molecular weight is 348 g/mol. The topological polar surface area (TPSA) is 80.9 Å². The van der Waals surface area contributed by atoms with Crippen molar-refractivity contribution >= 4 is 0 Å². The third kappa shape index (κ3) is 2.41. The summed E-state index contributed by atoms with van der Waals surface area (Å²) in [5.74, 6) is 0.544. The van der Waals surface area contributed by atoms with E-state index in [1.54, 1.807) is 0 Å². The van der Waals surface area contributed by atoms with Crippen LogP contribution in [0, 0.1) is 28.6 Å². The molecule has 4 aliphatic rings. The molecule has 4 aliphatic carbocycles. The fraction of sp³-hybridized carbons (Fsp3) is 0.810. The van der Waals surface area contributed by atoms with E-state index in [9.17, 15) is 20.4 Å². The van der Waals surface area contributed by atoms with Gasteiger partial charge in [-0.25, -0.2) is 0 Å². The molecule has 0 spiro atoms. The molecule has 3 fully saturated rings. The van der Waals surface area contributed by atoms with E-state index in [1.807, 2.05) is 0 Å². The van der Waals surface area contributed by atoms with Crippen LogP contribution in [0.5, 0.6) is 0 Å². The standard InChI is InChI=1S/C21H32O4/c1-20-8-7-13(23)9-12(20)3-4-14-15-5-6-16(18(25)11-22)21(15,2)10-17(24)19(14)20/h3-4,13,15-19,22-25H,5-11H2,1-2H3/t13?,15-,16+,17?,18-,19+,20-,21-/m0/s1. The molecule has 0 amide bonds. The van der Waals surface area contributed by atoms with E-state index < -0.39 is 12.2 Å². The van der Waals surface area contributed by atoms with Crippen LogP contribution in [0.25, 0.3) is 0 Å². The summed E-state index contributed by atoms with van der Waals surface area (Å²) in [7, 11) is 0. The third-order valence-corrected chi connectivity index (χ3v) is 8.21. The molecule has 0 aromatic rings. The second-order valence-corrected chi connectivity index (χ2v) is 9.41. The second-order valence-electron chi connectivity index (χ2n) is 9.41. The van der Waals surface area contributed by atoms with Gasteiger partial charge in [0.05, 0.1) is 24.9 Å². The first-order valence-electron chi connectivity index (χ1n) is 9.87. The van der Waals surface area contributed by atoms with Gasteiger partial charge in [-0.15, -0.1) is 0 Å². The molecule has 4 heteroatoms. The minimum Gasteiger partial charge on any atom is -0.394 e. The molecular weight excluding hydrogens is 316 g/mol. The van der Waals surface area contributed by atoms with E-state index >= 15 is 0 Å². The quantitative estimate of drug-likeness (QED) is 0.616. The highest BCUT2D eigenvalue weighted by Crippen LogP contribution is 2.65. The summed E-state index contributed by atoms with van der Waals surface area (Å²) in [6, 6.07) is 0. The van der Waals surface area contributed by atoms with Crippen molar-refractivity contribution < 1.29 is 20.4 Å². The maximum absolute atomic E-state index is 11.2. The smallest absolute Gasteiger partial charge is 0.0804 e. The molecule has 0 aromatic heterocycles. The Balaban J connectivity index is 1.73. The van der Waals surface area contributed by atoms with Gasteiger partial charge in [0.15, 0.2) is 0 Å². The van der Waals surface area contributed by atoms with Gasteiger partial charge in [-0.05, 0) is 61.2 Å². The van der Waals surface area contributed by atoms with E-state index in [0.717, 1.165) is 32.1 Å². The Labute approximate surface area is 150 Å². The molecule has 0 heterocycles. The van der Waals surface area contributed by atoms with Crippen LogP contribution in [0.3, 0.4) is 0 Å². The summed E-state index contributed by atoms with van der Waals surface area (Å²) in [4.78, 5) is 0. The van der Waals surface area contributed by atoms with Crippen molar-refractivity contribution in [3.63, 3.8) is 0 Å². The predicted molar refractivity (Wildman–Crippen MR) is 95.7 cm³/mol. The summed E-state index contributed by atoms with van der Waals surface area (Å²) in [5, 5.41) is 41.0. The molecule has 4 N–H and O–H groups in total. The van der Waals surface area contributed by atoms with Crippen molar-refractivity contribution in [1.29, 1.82) is 0 Å². The summed E-state index contributed by atoms with van der Waals surface area (Å²) >= 11 is 0. The lowest BCUT2D eigenvalue weighted by Crippen LogP contribution is -2.53. The van der Waals surface area contributed by atoms with Crippen LogP contribution >= 0.6 is 0 Å². The summed E-state index contributed by atoms with van der Waals surface area (Å²) in [6.45, 7) is 4.26. The van der Waals surface area contributed by atoms with Crippen LogP contribution in [0.1, 0.15) is 52.4 Å². The molecule has 0 bridgehead atoms. The predicted octanol–water partition coefficient (Wildman–Crippen LogP) is 2.17. The fourth-order valence-electron chi connectivity index (χ4n) is 6.91. The highest BCUT2D eigenvalue weighted by Gasteiger charge is 2.60. The average Bonchev–Trinajstić information content (AvgIpc) is 2.91. The zero-order valence-electron chi connectivity index (χ0n) is 15.4. The number of rotatable bonds is 2. The van der Waals surface area contributed by atoms with Crippen LogP contribution in [-0.2, 0) is 0 Å². The lowest BCUT2D eigenvalue weighted by molar-refractivity contribution is -0.0741. The molecule has 2 unspecified atom stereocenters. The van der Waals surface area contributed by atoms with Crippen molar-refractivity contribution in [1.82, 2.24) is 0 Å². The van der Waals surface area contributed by atoms with Gasteiger partial charge in [0.1, 0.15) is 0 Å². The van der Waals surface area contributed by atoms with Crippen molar-refractivity contribution in [2.24, 2.45) is 28.6 Å². The van der Waals surface area contributed by atoms with E-state index in [-0.39, 0.29) is 35.4 Å². The van der Waals surface area contributed by atoms with Crippen molar-refractivity contribution in [2.45, 2.75) is 70.7 Å². The van der Waals surface area contributed by atoms with Crippen LogP contribution in [0.15, 0.2) is 23.3 Å². The van der Waals surface area contributed by atoms with Crippen LogP contribution in [0.2, 0.25) is 0 Å². The number of allylic oxidation sites excluding steroid dienone is 2. The van der Waals surface area contributed by atoms with Crippen LogP contribution in [0.4, 0.5) is 0 Å². The minimum absolute atomic E-state index is 0.0466. The van der Waals surface area contributed by atoms with E-state index in [1.165, 1.54) is 11.1 Å². The van der Waals surface area contributed by atoms with Gasteiger partial charge in [0.25, 0.3) is 0 Å². The highest BCUT2D eigenvalue weighted by molar-refractivity contribution is 5.40. The number of aliphatic hydroxyl groups excluding tert-OH is 4. The van der Waals surface area contributed by atoms with Crippen molar-refractivity contribution in [2.75, 3.05) is 6.61 Å². The maximum atomic E-state index is 11.2. The Morgan fingerprint density at radius 1 is 1.16 bits per heavy atom. The lowest BCUT2D eigenvalue weighted by Gasteiger charge is -2.56. The van der Waals surface area contributed by atoms with Crippen LogP contribution < -0.4 is 0 Å². The van der Waals surface area contributed by atoms with Gasteiger partial charge in [-0.3, -0.25) is 0 Å². The highest BCUT2D eigenvalue weighted by atomic mass is 16.3. The summed E-state index contributed by atoms with van der Waals surface area (Å²) in [5.41, 5.74) is 2.42. The maximum Gasteiger partial charge on any atom is 0.0804 e. The molecule has 0 aromatic carbocycles. The molecule has 4 rings (SSSR count). The monoisotopic (exact) mass is 348 g/mol. The SMILES string of the molecule is C[C@]12CC(O)[C@H]3C(=CC=C4CC(O)CC[C@@]43C)[C@@H]1CC[C@@H]2[C@@H](O)CO. The summed E-state index contributed by atoms with van der Waals surface area (Å²) in [6.07, 6.45) is 8.09. The molecule has 140 valence electrons. The van der Waals surface area contributed by atoms with E-state index in [0.29, 0.717) is 12.3 Å². The van der Waals surface area contributed by atoms with Gasteiger partial charge in [-0.1, -0.05) is 37.1 Å². The third-order valence-electron chi connectivity index (χ3n) is 8.21. The number of fused-ring (bicyclic) bond motifs is 5. The Morgan fingerprint density at radius 3 is 2.64 bits per heavy atom. The normalized spacial score (nSPS) is 50.2. The number of hydrogen-bond acceptors (Lipinski definition) is 4. The van der Waals surface area contributed by atoms with Gasteiger partial charge in [0, 0.05) is 5.92 Å². The first-order chi connectivity index (χ1) is 11.8. The zero-order chi connectivity index (χ0) is 18.0. The minimum atomic E-state index is -0.700. The molecular formula is C21H32O4. The molecule has 4 nitrogen and oxygen atoms in total. The fourth-order valence-corrected chi connectivity index (χ4v) is 6.91. The Morgan fingerprint density at radius 2 is 1.92 bits per heavy atom. The van der Waals surface area contributed by atoms with Crippen molar-refractivity contribution in [3.8, 4) is 0 Å². The Hall–Kier alpha value is -0.680. The molecule has 3 saturated carbocycles. The Kier molecular flexibility index (Phi) is 4.19. The van der Waals surface area contributed by atoms with Gasteiger partial charge in [0.2, 0.25) is 0 Å². The first kappa shape index (κ1) is 17.7. The van der Waals surface area contributed by atoms with Gasteiger partial charge in [-0.2, -0.15) is 0 Å². The largest absolute Gasteiger partial charge is 0.394 e. The summed E-state index contributed by atoms with van der Waals surface area (Å²) < 4.78 is 0. The molecule has 0 aliphatic heterocycles. The van der Waals surface area contributed by atoms with Crippen LogP contribution in [-0.4, -0.2) is 45.3 Å². The van der Waals surface area contributed by atoms with Gasteiger partial charge >= 0.3 is 0 Å². The number of hydrogen-bond donors (Lipinski definition) is 4. The second kappa shape index (κ2) is 5.91. The zero-order valence-corrected chi connectivity index (χ0v) is 15.4. The molecule has 0 saturated heterocycles. The Bertz CT molecular complexity index is 611. The lowest BCUT2D eigenvalue weighted by atomic mass is 9.49. The first-order valence-corrected chi connectivity index (χ1v) is 9.87.